The second-order valence-electron chi connectivity index (χ2n) is 4.58. The smallest absolute Gasteiger partial charge is 0.306 e. The van der Waals surface area contributed by atoms with E-state index in [4.69, 9.17) is 11.6 Å². The van der Waals surface area contributed by atoms with Crippen LogP contribution >= 0.6 is 11.6 Å². The summed E-state index contributed by atoms with van der Waals surface area (Å²) in [6.45, 7) is 1.68. The van der Waals surface area contributed by atoms with Crippen molar-refractivity contribution in [2.75, 3.05) is 14.2 Å². The minimum Gasteiger partial charge on any atom is -0.469 e. The number of benzene rings is 1. The van der Waals surface area contributed by atoms with Gasteiger partial charge in [-0.05, 0) is 12.1 Å². The van der Waals surface area contributed by atoms with Crippen molar-refractivity contribution in [2.45, 2.75) is 19.9 Å². The van der Waals surface area contributed by atoms with E-state index in [0.717, 1.165) is 0 Å². The number of nitrogens with zero attached hydrogens (tertiary/aromatic N) is 1. The van der Waals surface area contributed by atoms with Crippen LogP contribution in [0.4, 0.5) is 4.39 Å². The number of carbonyl (C=O) groups excluding carboxylic acids is 2. The predicted molar refractivity (Wildman–Crippen MR) is 73.7 cm³/mol. The zero-order valence-corrected chi connectivity index (χ0v) is 12.4. The lowest BCUT2D eigenvalue weighted by Crippen LogP contribution is -2.32. The molecule has 1 atom stereocenters. The van der Waals surface area contributed by atoms with Crippen LogP contribution in [0, 0.1) is 11.7 Å². The van der Waals surface area contributed by atoms with Crippen molar-refractivity contribution in [1.82, 2.24) is 4.90 Å². The lowest BCUT2D eigenvalue weighted by Gasteiger charge is -2.21. The third-order valence-corrected chi connectivity index (χ3v) is 3.31. The van der Waals surface area contributed by atoms with Crippen molar-refractivity contribution in [3.8, 4) is 0 Å². The first-order valence-corrected chi connectivity index (χ1v) is 6.49. The number of hydrogen-bond acceptors (Lipinski definition) is 3. The molecule has 20 heavy (non-hydrogen) atoms. The van der Waals surface area contributed by atoms with E-state index >= 15 is 0 Å². The molecular weight excluding hydrogens is 285 g/mol. The fraction of sp³-hybridized carbons (Fsp3) is 0.429. The van der Waals surface area contributed by atoms with Crippen LogP contribution < -0.4 is 0 Å². The van der Waals surface area contributed by atoms with Gasteiger partial charge in [0.2, 0.25) is 5.91 Å². The highest BCUT2D eigenvalue weighted by Gasteiger charge is 2.22. The zero-order valence-electron chi connectivity index (χ0n) is 11.7. The van der Waals surface area contributed by atoms with E-state index in [0.29, 0.717) is 0 Å². The fourth-order valence-electron chi connectivity index (χ4n) is 1.80. The SMILES string of the molecule is COC(=O)CC(C)C(=O)N(C)Cc1c(F)cccc1Cl. The number of methoxy groups -OCH3 is 1. The number of hydrogen-bond donors (Lipinski definition) is 0. The first kappa shape index (κ1) is 16.4. The quantitative estimate of drug-likeness (QED) is 0.786. The van der Waals surface area contributed by atoms with Gasteiger partial charge in [0.1, 0.15) is 5.82 Å². The Morgan fingerprint density at radius 2 is 2.10 bits per heavy atom. The fourth-order valence-corrected chi connectivity index (χ4v) is 2.02. The number of amides is 1. The third kappa shape index (κ3) is 4.20. The molecule has 0 N–H and O–H groups in total. The Balaban J connectivity index is 2.73. The van der Waals surface area contributed by atoms with Gasteiger partial charge < -0.3 is 9.64 Å². The summed E-state index contributed by atoms with van der Waals surface area (Å²) in [7, 11) is 2.81. The van der Waals surface area contributed by atoms with Crippen molar-refractivity contribution in [2.24, 2.45) is 5.92 Å². The summed E-state index contributed by atoms with van der Waals surface area (Å²) in [5.41, 5.74) is 0.260. The van der Waals surface area contributed by atoms with Gasteiger partial charge in [0.15, 0.2) is 0 Å². The molecule has 0 saturated heterocycles. The summed E-state index contributed by atoms with van der Waals surface area (Å²) >= 11 is 5.91. The Morgan fingerprint density at radius 1 is 1.45 bits per heavy atom. The zero-order chi connectivity index (χ0) is 15.3. The Kier molecular flexibility index (Phi) is 5.95. The van der Waals surface area contributed by atoms with Crippen LogP contribution in [-0.4, -0.2) is 30.9 Å². The van der Waals surface area contributed by atoms with Gasteiger partial charge in [0.25, 0.3) is 0 Å². The lowest BCUT2D eigenvalue weighted by atomic mass is 10.1. The predicted octanol–water partition coefficient (Wildman–Crippen LogP) is 2.64. The van der Waals surface area contributed by atoms with Crippen molar-refractivity contribution < 1.29 is 18.7 Å². The molecule has 4 nitrogen and oxygen atoms in total. The van der Waals surface area contributed by atoms with Gasteiger partial charge in [0, 0.05) is 30.1 Å². The molecule has 1 unspecified atom stereocenters. The van der Waals surface area contributed by atoms with Crippen LogP contribution in [-0.2, 0) is 20.9 Å². The number of esters is 1. The largest absolute Gasteiger partial charge is 0.469 e. The summed E-state index contributed by atoms with van der Waals surface area (Å²) in [5, 5.41) is 0.269. The monoisotopic (exact) mass is 301 g/mol. The number of halogens is 2. The number of carbonyl (C=O) groups is 2. The highest BCUT2D eigenvalue weighted by atomic mass is 35.5. The Hall–Kier alpha value is -1.62. The maximum Gasteiger partial charge on any atom is 0.306 e. The van der Waals surface area contributed by atoms with Gasteiger partial charge in [-0.2, -0.15) is 0 Å². The summed E-state index contributed by atoms with van der Waals surface area (Å²) in [5.74, 6) is -1.71. The minimum atomic E-state index is -0.530. The molecule has 0 aliphatic heterocycles. The second-order valence-corrected chi connectivity index (χ2v) is 4.98. The Bertz CT molecular complexity index is 487. The van der Waals surface area contributed by atoms with E-state index in [2.05, 4.69) is 4.74 Å². The van der Waals surface area contributed by atoms with Crippen LogP contribution in [0.5, 0.6) is 0 Å². The Morgan fingerprint density at radius 3 is 2.65 bits per heavy atom. The van der Waals surface area contributed by atoms with E-state index in [1.807, 2.05) is 0 Å². The van der Waals surface area contributed by atoms with Gasteiger partial charge in [-0.15, -0.1) is 0 Å². The molecule has 1 aromatic carbocycles. The lowest BCUT2D eigenvalue weighted by molar-refractivity contribution is -0.146. The molecule has 0 bridgehead atoms. The summed E-state index contributed by atoms with van der Waals surface area (Å²) < 4.78 is 18.2. The molecule has 0 fully saturated rings. The summed E-state index contributed by atoms with van der Waals surface area (Å²) in [4.78, 5) is 24.6. The van der Waals surface area contributed by atoms with Crippen LogP contribution in [0.3, 0.4) is 0 Å². The maximum atomic E-state index is 13.6. The maximum absolute atomic E-state index is 13.6. The normalized spacial score (nSPS) is 11.8. The van der Waals surface area contributed by atoms with Crippen molar-refractivity contribution >= 4 is 23.5 Å². The van der Waals surface area contributed by atoms with E-state index in [1.165, 1.54) is 24.1 Å². The topological polar surface area (TPSA) is 46.6 Å². The first-order chi connectivity index (χ1) is 9.36. The molecule has 1 amide bonds. The number of ether oxygens (including phenoxy) is 1. The molecule has 0 aliphatic carbocycles. The van der Waals surface area contributed by atoms with E-state index in [-0.39, 0.29) is 29.5 Å². The van der Waals surface area contributed by atoms with Crippen LogP contribution in [0.1, 0.15) is 18.9 Å². The van der Waals surface area contributed by atoms with E-state index in [9.17, 15) is 14.0 Å². The molecule has 0 saturated carbocycles. The van der Waals surface area contributed by atoms with Gasteiger partial charge in [-0.1, -0.05) is 24.6 Å². The number of rotatable bonds is 5. The van der Waals surface area contributed by atoms with Gasteiger partial charge in [-0.3, -0.25) is 9.59 Å². The standard InChI is InChI=1S/C14H17ClFNO3/c1-9(7-13(18)20-3)14(19)17(2)8-10-11(15)5-4-6-12(10)16/h4-6,9H,7-8H2,1-3H3. The van der Waals surface area contributed by atoms with Crippen LogP contribution in [0.2, 0.25) is 5.02 Å². The second kappa shape index (κ2) is 7.24. The molecule has 0 radical (unpaired) electrons. The van der Waals surface area contributed by atoms with Crippen molar-refractivity contribution in [3.63, 3.8) is 0 Å². The van der Waals surface area contributed by atoms with Crippen molar-refractivity contribution in [1.29, 1.82) is 0 Å². The van der Waals surface area contributed by atoms with Gasteiger partial charge in [0.05, 0.1) is 13.5 Å². The van der Waals surface area contributed by atoms with E-state index < -0.39 is 17.7 Å². The molecule has 0 aromatic heterocycles. The van der Waals surface area contributed by atoms with Gasteiger partial charge in [-0.25, -0.2) is 4.39 Å². The molecule has 110 valence electrons. The average Bonchev–Trinajstić information content (AvgIpc) is 2.41. The minimum absolute atomic E-state index is 0.00925. The van der Waals surface area contributed by atoms with Crippen LogP contribution in [0.25, 0.3) is 0 Å². The third-order valence-electron chi connectivity index (χ3n) is 2.96. The molecular formula is C14H17ClFNO3. The molecule has 1 rings (SSSR count). The highest BCUT2D eigenvalue weighted by Crippen LogP contribution is 2.21. The average molecular weight is 302 g/mol. The highest BCUT2D eigenvalue weighted by molar-refractivity contribution is 6.31. The molecule has 0 aliphatic rings. The summed E-state index contributed by atoms with van der Waals surface area (Å²) in [6.07, 6.45) is -0.00925. The van der Waals surface area contributed by atoms with E-state index in [1.54, 1.807) is 20.0 Å². The molecule has 6 heteroatoms. The Labute approximate surface area is 122 Å². The summed E-state index contributed by atoms with van der Waals surface area (Å²) in [6, 6.07) is 4.36. The van der Waals surface area contributed by atoms with Crippen molar-refractivity contribution in [3.05, 3.63) is 34.6 Å². The first-order valence-electron chi connectivity index (χ1n) is 6.11. The molecule has 0 spiro atoms. The van der Waals surface area contributed by atoms with Gasteiger partial charge >= 0.3 is 5.97 Å². The van der Waals surface area contributed by atoms with Crippen LogP contribution in [0.15, 0.2) is 18.2 Å². The molecule has 1 aromatic rings. The molecule has 0 heterocycles.